The molecule has 1 heterocycles. The molecule has 0 aliphatic carbocycles. The molecule has 0 radical (unpaired) electrons. The lowest BCUT2D eigenvalue weighted by Crippen LogP contribution is -2.04. The van der Waals surface area contributed by atoms with Crippen LogP contribution in [-0.4, -0.2) is 16.2 Å². The van der Waals surface area contributed by atoms with E-state index in [9.17, 15) is 4.79 Å². The molecule has 1 aromatic carbocycles. The third-order valence-electron chi connectivity index (χ3n) is 2.20. The van der Waals surface area contributed by atoms with E-state index in [1.54, 1.807) is 0 Å². The summed E-state index contributed by atoms with van der Waals surface area (Å²) < 4.78 is 4.67. The van der Waals surface area contributed by atoms with Crippen LogP contribution in [0.15, 0.2) is 24.3 Å². The van der Waals surface area contributed by atoms with Gasteiger partial charge in [0.1, 0.15) is 0 Å². The fraction of sp³-hybridized carbons (Fsp3) is 0.167. The predicted molar refractivity (Wildman–Crippen MR) is 65.7 cm³/mol. The monoisotopic (exact) mass is 249 g/mol. The zero-order chi connectivity index (χ0) is 12.4. The van der Waals surface area contributed by atoms with Crippen molar-refractivity contribution in [2.75, 3.05) is 0 Å². The Hall–Kier alpha value is -1.88. The van der Waals surface area contributed by atoms with E-state index in [1.807, 2.05) is 38.1 Å². The van der Waals surface area contributed by atoms with Crippen LogP contribution >= 0.6 is 11.3 Å². The van der Waals surface area contributed by atoms with E-state index in [2.05, 4.69) is 9.72 Å². The number of carboxylic acid groups (broad SMARTS) is 1. The van der Waals surface area contributed by atoms with Gasteiger partial charge in [0.25, 0.3) is 0 Å². The SMILES string of the molecule is Cc1ccc(-c2sc(C)nc2OC(=O)O)cc1. The Morgan fingerprint density at radius 3 is 2.53 bits per heavy atom. The molecule has 4 nitrogen and oxygen atoms in total. The molecular formula is C12H11NO3S. The zero-order valence-electron chi connectivity index (χ0n) is 9.43. The van der Waals surface area contributed by atoms with Crippen LogP contribution in [0.3, 0.4) is 0 Å². The highest BCUT2D eigenvalue weighted by Crippen LogP contribution is 2.35. The van der Waals surface area contributed by atoms with E-state index in [-0.39, 0.29) is 5.88 Å². The number of rotatable bonds is 2. The fourth-order valence-electron chi connectivity index (χ4n) is 1.45. The highest BCUT2D eigenvalue weighted by molar-refractivity contribution is 7.15. The van der Waals surface area contributed by atoms with E-state index >= 15 is 0 Å². The molecule has 17 heavy (non-hydrogen) atoms. The van der Waals surface area contributed by atoms with Gasteiger partial charge in [-0.3, -0.25) is 0 Å². The number of nitrogens with zero attached hydrogens (tertiary/aromatic N) is 1. The zero-order valence-corrected chi connectivity index (χ0v) is 10.2. The van der Waals surface area contributed by atoms with Gasteiger partial charge in [0, 0.05) is 0 Å². The van der Waals surface area contributed by atoms with Crippen molar-refractivity contribution >= 4 is 17.5 Å². The molecule has 0 saturated heterocycles. The van der Waals surface area contributed by atoms with Crippen LogP contribution in [0.5, 0.6) is 5.88 Å². The summed E-state index contributed by atoms with van der Waals surface area (Å²) in [7, 11) is 0. The summed E-state index contributed by atoms with van der Waals surface area (Å²) >= 11 is 1.42. The molecule has 0 atom stereocenters. The highest BCUT2D eigenvalue weighted by atomic mass is 32.1. The summed E-state index contributed by atoms with van der Waals surface area (Å²) in [5.41, 5.74) is 2.06. The smallest absolute Gasteiger partial charge is 0.449 e. The molecule has 0 spiro atoms. The van der Waals surface area contributed by atoms with E-state index in [4.69, 9.17) is 5.11 Å². The summed E-state index contributed by atoms with van der Waals surface area (Å²) in [5.74, 6) is 0.156. The summed E-state index contributed by atoms with van der Waals surface area (Å²) in [6.07, 6.45) is -1.34. The minimum Gasteiger partial charge on any atom is -0.449 e. The second-order valence-electron chi connectivity index (χ2n) is 3.60. The summed E-state index contributed by atoms with van der Waals surface area (Å²) in [4.78, 5) is 15.4. The number of aryl methyl sites for hydroxylation is 2. The molecular weight excluding hydrogens is 238 g/mol. The fourth-order valence-corrected chi connectivity index (χ4v) is 2.30. The third kappa shape index (κ3) is 2.62. The first-order chi connectivity index (χ1) is 8.06. The highest BCUT2D eigenvalue weighted by Gasteiger charge is 2.15. The van der Waals surface area contributed by atoms with Crippen LogP contribution in [0.25, 0.3) is 10.4 Å². The average molecular weight is 249 g/mol. The third-order valence-corrected chi connectivity index (χ3v) is 3.20. The number of hydrogen-bond donors (Lipinski definition) is 1. The molecule has 5 heteroatoms. The number of ether oxygens (including phenoxy) is 1. The van der Waals surface area contributed by atoms with E-state index < -0.39 is 6.16 Å². The van der Waals surface area contributed by atoms with Crippen LogP contribution in [0.4, 0.5) is 4.79 Å². The lowest BCUT2D eigenvalue weighted by atomic mass is 10.1. The van der Waals surface area contributed by atoms with Gasteiger partial charge in [-0.25, -0.2) is 9.78 Å². The maximum absolute atomic E-state index is 10.6. The second-order valence-corrected chi connectivity index (χ2v) is 4.80. The van der Waals surface area contributed by atoms with Crippen molar-refractivity contribution in [3.63, 3.8) is 0 Å². The summed E-state index contributed by atoms with van der Waals surface area (Å²) in [6, 6.07) is 7.79. The van der Waals surface area contributed by atoms with Crippen molar-refractivity contribution in [1.82, 2.24) is 4.98 Å². The number of thiazole rings is 1. The van der Waals surface area contributed by atoms with E-state index in [1.165, 1.54) is 11.3 Å². The molecule has 1 N–H and O–H groups in total. The van der Waals surface area contributed by atoms with Gasteiger partial charge in [-0.15, -0.1) is 11.3 Å². The van der Waals surface area contributed by atoms with Gasteiger partial charge in [-0.1, -0.05) is 29.8 Å². The van der Waals surface area contributed by atoms with Gasteiger partial charge in [0.15, 0.2) is 0 Å². The van der Waals surface area contributed by atoms with Gasteiger partial charge in [-0.05, 0) is 19.4 Å². The Labute approximate surface area is 103 Å². The average Bonchev–Trinajstić information content (AvgIpc) is 2.59. The predicted octanol–water partition coefficient (Wildman–Crippen LogP) is 3.48. The second kappa shape index (κ2) is 4.55. The summed E-state index contributed by atoms with van der Waals surface area (Å²) in [6.45, 7) is 3.81. The number of aromatic nitrogens is 1. The molecule has 0 saturated carbocycles. The van der Waals surface area contributed by atoms with Crippen LogP contribution in [0.2, 0.25) is 0 Å². The Morgan fingerprint density at radius 2 is 1.94 bits per heavy atom. The van der Waals surface area contributed by atoms with Gasteiger partial charge < -0.3 is 9.84 Å². The van der Waals surface area contributed by atoms with Crippen molar-refractivity contribution in [3.8, 4) is 16.3 Å². The normalized spacial score (nSPS) is 10.2. The van der Waals surface area contributed by atoms with Gasteiger partial charge in [0.05, 0.1) is 9.88 Å². The molecule has 1 aromatic heterocycles. The molecule has 0 aliphatic rings. The van der Waals surface area contributed by atoms with Crippen LogP contribution in [0.1, 0.15) is 10.6 Å². The van der Waals surface area contributed by atoms with Crippen molar-refractivity contribution in [1.29, 1.82) is 0 Å². The van der Waals surface area contributed by atoms with Gasteiger partial charge in [0.2, 0.25) is 5.88 Å². The first-order valence-corrected chi connectivity index (χ1v) is 5.83. The van der Waals surface area contributed by atoms with E-state index in [0.717, 1.165) is 21.0 Å². The standard InChI is InChI=1S/C12H11NO3S/c1-7-3-5-9(6-4-7)10-11(16-12(14)15)13-8(2)17-10/h3-6H,1-2H3,(H,14,15). The number of benzene rings is 1. The Balaban J connectivity index is 2.43. The maximum Gasteiger partial charge on any atom is 0.512 e. The maximum atomic E-state index is 10.6. The molecule has 2 rings (SSSR count). The molecule has 0 fully saturated rings. The van der Waals surface area contributed by atoms with Crippen LogP contribution in [-0.2, 0) is 0 Å². The van der Waals surface area contributed by atoms with Crippen molar-refractivity contribution in [2.45, 2.75) is 13.8 Å². The minimum absolute atomic E-state index is 0.156. The number of carbonyl (C=O) groups is 1. The lowest BCUT2D eigenvalue weighted by Gasteiger charge is -2.01. The van der Waals surface area contributed by atoms with Crippen molar-refractivity contribution in [3.05, 3.63) is 34.8 Å². The van der Waals surface area contributed by atoms with Gasteiger partial charge in [-0.2, -0.15) is 0 Å². The topological polar surface area (TPSA) is 59.4 Å². The Kier molecular flexibility index (Phi) is 3.10. The molecule has 0 aliphatic heterocycles. The Morgan fingerprint density at radius 1 is 1.29 bits per heavy atom. The van der Waals surface area contributed by atoms with Crippen LogP contribution < -0.4 is 4.74 Å². The Bertz CT molecular complexity index is 545. The first kappa shape index (κ1) is 11.6. The van der Waals surface area contributed by atoms with E-state index in [0.29, 0.717) is 0 Å². The molecule has 0 bridgehead atoms. The molecule has 0 amide bonds. The molecule has 88 valence electrons. The number of hydrogen-bond acceptors (Lipinski definition) is 4. The lowest BCUT2D eigenvalue weighted by molar-refractivity contribution is 0.143. The largest absolute Gasteiger partial charge is 0.512 e. The van der Waals surface area contributed by atoms with Gasteiger partial charge >= 0.3 is 6.16 Å². The van der Waals surface area contributed by atoms with Crippen molar-refractivity contribution in [2.24, 2.45) is 0 Å². The first-order valence-electron chi connectivity index (χ1n) is 5.01. The summed E-state index contributed by atoms with van der Waals surface area (Å²) in [5, 5.41) is 9.41. The van der Waals surface area contributed by atoms with Crippen molar-refractivity contribution < 1.29 is 14.6 Å². The quantitative estimate of drug-likeness (QED) is 0.828. The minimum atomic E-state index is -1.34. The molecule has 0 unspecified atom stereocenters. The molecule has 2 aromatic rings. The van der Waals surface area contributed by atoms with Crippen LogP contribution in [0, 0.1) is 13.8 Å².